The molecule has 1 saturated heterocycles. The fourth-order valence-corrected chi connectivity index (χ4v) is 3.78. The fourth-order valence-electron chi connectivity index (χ4n) is 3.42. The molecule has 1 N–H and O–H groups in total. The van der Waals surface area contributed by atoms with Crippen molar-refractivity contribution in [2.24, 2.45) is 5.92 Å². The summed E-state index contributed by atoms with van der Waals surface area (Å²) >= 11 is 2.35. The molecule has 2 atom stereocenters. The maximum atomic E-state index is 6.07. The Morgan fingerprint density at radius 2 is 1.92 bits per heavy atom. The average molecular weight is 437 g/mol. The first-order valence-corrected chi connectivity index (χ1v) is 9.36. The highest BCUT2D eigenvalue weighted by molar-refractivity contribution is 14.1. The molecule has 0 saturated carbocycles. The molecule has 2 heterocycles. The minimum atomic E-state index is 0.292. The van der Waals surface area contributed by atoms with Gasteiger partial charge in [-0.1, -0.05) is 12.1 Å². The van der Waals surface area contributed by atoms with Crippen molar-refractivity contribution < 1.29 is 14.2 Å². The Balaban J connectivity index is 1.44. The summed E-state index contributed by atoms with van der Waals surface area (Å²) in [5.41, 5.74) is 1.41. The summed E-state index contributed by atoms with van der Waals surface area (Å²) in [4.78, 5) is 0. The molecule has 0 aliphatic carbocycles. The molecule has 4 rings (SSSR count). The summed E-state index contributed by atoms with van der Waals surface area (Å²) in [6, 6.07) is 14.7. The van der Waals surface area contributed by atoms with E-state index in [-0.39, 0.29) is 0 Å². The van der Waals surface area contributed by atoms with Crippen LogP contribution < -0.4 is 19.5 Å². The Morgan fingerprint density at radius 1 is 1.08 bits per heavy atom. The molecule has 0 spiro atoms. The summed E-state index contributed by atoms with van der Waals surface area (Å²) in [5.74, 6) is 3.40. The van der Waals surface area contributed by atoms with E-state index >= 15 is 0 Å². The predicted octanol–water partition coefficient (Wildman–Crippen LogP) is 3.79. The summed E-state index contributed by atoms with van der Waals surface area (Å²) in [6.45, 7) is 3.04. The third-order valence-corrected chi connectivity index (χ3v) is 5.43. The monoisotopic (exact) mass is 437 g/mol. The zero-order chi connectivity index (χ0) is 16.4. The molecule has 0 bridgehead atoms. The molecule has 0 unspecified atom stereocenters. The zero-order valence-electron chi connectivity index (χ0n) is 13.3. The van der Waals surface area contributed by atoms with Gasteiger partial charge in [-0.15, -0.1) is 0 Å². The van der Waals surface area contributed by atoms with E-state index < -0.39 is 0 Å². The second kappa shape index (κ2) is 7.19. The molecule has 2 aliphatic heterocycles. The topological polar surface area (TPSA) is 39.7 Å². The van der Waals surface area contributed by atoms with Crippen LogP contribution >= 0.6 is 22.6 Å². The molecule has 126 valence electrons. The summed E-state index contributed by atoms with van der Waals surface area (Å²) in [6.07, 6.45) is 1.15. The van der Waals surface area contributed by atoms with Gasteiger partial charge in [0.15, 0.2) is 11.5 Å². The smallest absolute Gasteiger partial charge is 0.231 e. The van der Waals surface area contributed by atoms with Crippen molar-refractivity contribution in [2.75, 3.05) is 26.5 Å². The SMILES string of the molecule is Ic1ccc([C@@H]2CCNC[C@H]2COc2ccc3c(c2)OCO3)cc1. The number of fused-ring (bicyclic) bond motifs is 1. The summed E-state index contributed by atoms with van der Waals surface area (Å²) in [7, 11) is 0. The molecule has 0 aromatic heterocycles. The van der Waals surface area contributed by atoms with Gasteiger partial charge in [0.1, 0.15) is 5.75 Å². The third-order valence-electron chi connectivity index (χ3n) is 4.71. The number of piperidine rings is 1. The van der Waals surface area contributed by atoms with E-state index in [2.05, 4.69) is 52.2 Å². The fraction of sp³-hybridized carbons (Fsp3) is 0.368. The van der Waals surface area contributed by atoms with Gasteiger partial charge in [-0.2, -0.15) is 0 Å². The molecular weight excluding hydrogens is 417 g/mol. The number of benzene rings is 2. The van der Waals surface area contributed by atoms with Crippen molar-refractivity contribution in [3.8, 4) is 17.2 Å². The lowest BCUT2D eigenvalue weighted by atomic mass is 9.81. The van der Waals surface area contributed by atoms with E-state index in [0.717, 1.165) is 36.8 Å². The average Bonchev–Trinajstić information content (AvgIpc) is 3.09. The van der Waals surface area contributed by atoms with Gasteiger partial charge in [-0.25, -0.2) is 0 Å². The molecule has 2 aliphatic rings. The van der Waals surface area contributed by atoms with Gasteiger partial charge >= 0.3 is 0 Å². The van der Waals surface area contributed by atoms with E-state index in [1.807, 2.05) is 18.2 Å². The van der Waals surface area contributed by atoms with E-state index in [1.165, 1.54) is 9.13 Å². The molecule has 5 heteroatoms. The highest BCUT2D eigenvalue weighted by Crippen LogP contribution is 2.36. The van der Waals surface area contributed by atoms with Gasteiger partial charge in [-0.3, -0.25) is 0 Å². The second-order valence-electron chi connectivity index (χ2n) is 6.24. The number of nitrogens with one attached hydrogen (secondary N) is 1. The van der Waals surface area contributed by atoms with Crippen LogP contribution in [-0.4, -0.2) is 26.5 Å². The van der Waals surface area contributed by atoms with E-state index in [4.69, 9.17) is 14.2 Å². The molecule has 2 aromatic carbocycles. The van der Waals surface area contributed by atoms with E-state index in [1.54, 1.807) is 0 Å². The standard InChI is InChI=1S/C19H20INO3/c20-15-3-1-13(2-4-15)17-7-8-21-10-14(17)11-22-16-5-6-18-19(9-16)24-12-23-18/h1-6,9,14,17,21H,7-8,10-12H2/t14-,17-/m0/s1. The number of hydrogen-bond donors (Lipinski definition) is 1. The number of hydrogen-bond acceptors (Lipinski definition) is 4. The van der Waals surface area contributed by atoms with Crippen LogP contribution in [0.15, 0.2) is 42.5 Å². The molecule has 0 amide bonds. The van der Waals surface area contributed by atoms with Crippen LogP contribution in [0, 0.1) is 9.49 Å². The predicted molar refractivity (Wildman–Crippen MR) is 101 cm³/mol. The molecule has 1 fully saturated rings. The summed E-state index contributed by atoms with van der Waals surface area (Å²) in [5, 5.41) is 3.50. The minimum absolute atomic E-state index is 0.292. The van der Waals surface area contributed by atoms with Gasteiger partial charge in [0.05, 0.1) is 6.61 Å². The maximum Gasteiger partial charge on any atom is 0.231 e. The normalized spacial score (nSPS) is 22.4. The first-order chi connectivity index (χ1) is 11.8. The highest BCUT2D eigenvalue weighted by Gasteiger charge is 2.27. The van der Waals surface area contributed by atoms with Gasteiger partial charge in [0, 0.05) is 22.1 Å². The molecule has 2 aromatic rings. The van der Waals surface area contributed by atoms with Crippen LogP contribution in [0.2, 0.25) is 0 Å². The van der Waals surface area contributed by atoms with Crippen LogP contribution in [0.3, 0.4) is 0 Å². The quantitative estimate of drug-likeness (QED) is 0.740. The lowest BCUT2D eigenvalue weighted by Gasteiger charge is -2.32. The van der Waals surface area contributed by atoms with Crippen molar-refractivity contribution in [1.82, 2.24) is 5.32 Å². The van der Waals surface area contributed by atoms with Gasteiger partial charge in [0.25, 0.3) is 0 Å². The van der Waals surface area contributed by atoms with Gasteiger partial charge in [0.2, 0.25) is 6.79 Å². The van der Waals surface area contributed by atoms with Gasteiger partial charge in [-0.05, 0) is 71.3 Å². The Morgan fingerprint density at radius 3 is 2.79 bits per heavy atom. The molecule has 4 nitrogen and oxygen atoms in total. The largest absolute Gasteiger partial charge is 0.493 e. The van der Waals surface area contributed by atoms with Crippen LogP contribution in [0.25, 0.3) is 0 Å². The molecular formula is C19H20INO3. The Bertz CT molecular complexity index is 704. The van der Waals surface area contributed by atoms with Gasteiger partial charge < -0.3 is 19.5 Å². The van der Waals surface area contributed by atoms with Crippen molar-refractivity contribution in [3.63, 3.8) is 0 Å². The van der Waals surface area contributed by atoms with Crippen LogP contribution in [0.5, 0.6) is 17.2 Å². The Kier molecular flexibility index (Phi) is 4.80. The lowest BCUT2D eigenvalue weighted by molar-refractivity contribution is 0.173. The molecule has 24 heavy (non-hydrogen) atoms. The van der Waals surface area contributed by atoms with Crippen LogP contribution in [-0.2, 0) is 0 Å². The number of halogens is 1. The van der Waals surface area contributed by atoms with E-state index in [9.17, 15) is 0 Å². The molecule has 0 radical (unpaired) electrons. The maximum absolute atomic E-state index is 6.07. The highest BCUT2D eigenvalue weighted by atomic mass is 127. The van der Waals surface area contributed by atoms with Crippen molar-refractivity contribution in [3.05, 3.63) is 51.6 Å². The second-order valence-corrected chi connectivity index (χ2v) is 7.48. The Hall–Kier alpha value is -1.47. The number of ether oxygens (including phenoxy) is 3. The lowest BCUT2D eigenvalue weighted by Crippen LogP contribution is -2.38. The number of rotatable bonds is 4. The van der Waals surface area contributed by atoms with Crippen LogP contribution in [0.1, 0.15) is 17.9 Å². The first-order valence-electron chi connectivity index (χ1n) is 8.28. The third kappa shape index (κ3) is 3.47. The van der Waals surface area contributed by atoms with Crippen molar-refractivity contribution in [2.45, 2.75) is 12.3 Å². The van der Waals surface area contributed by atoms with Crippen LogP contribution in [0.4, 0.5) is 0 Å². The zero-order valence-corrected chi connectivity index (χ0v) is 15.5. The van der Waals surface area contributed by atoms with Crippen molar-refractivity contribution in [1.29, 1.82) is 0 Å². The first kappa shape index (κ1) is 16.0. The minimum Gasteiger partial charge on any atom is -0.493 e. The summed E-state index contributed by atoms with van der Waals surface area (Å²) < 4.78 is 18.1. The Labute approximate surface area is 155 Å². The van der Waals surface area contributed by atoms with Crippen molar-refractivity contribution >= 4 is 22.6 Å². The van der Waals surface area contributed by atoms with E-state index in [0.29, 0.717) is 25.2 Å².